The Balaban J connectivity index is 1.51. The number of aliphatic hydroxyl groups excluding tert-OH is 1. The molecule has 1 aliphatic carbocycles. The van der Waals surface area contributed by atoms with E-state index in [9.17, 15) is 14.7 Å². The maximum absolute atomic E-state index is 12.7. The first-order chi connectivity index (χ1) is 15.0. The predicted octanol–water partition coefficient (Wildman–Crippen LogP) is 4.23. The van der Waals surface area contributed by atoms with E-state index in [1.807, 2.05) is 5.38 Å². The van der Waals surface area contributed by atoms with Crippen molar-refractivity contribution in [2.24, 2.45) is 5.92 Å². The molecule has 31 heavy (non-hydrogen) atoms. The van der Waals surface area contributed by atoms with Gasteiger partial charge in [-0.3, -0.25) is 10.1 Å². The highest BCUT2D eigenvalue weighted by Gasteiger charge is 2.26. The van der Waals surface area contributed by atoms with Crippen LogP contribution in [0.15, 0.2) is 26.7 Å². The summed E-state index contributed by atoms with van der Waals surface area (Å²) in [5.41, 5.74) is -0.147. The fourth-order valence-corrected chi connectivity index (χ4v) is 5.75. The highest BCUT2D eigenvalue weighted by molar-refractivity contribution is 7.23. The minimum absolute atomic E-state index is 0.0783. The van der Waals surface area contributed by atoms with E-state index in [0.29, 0.717) is 28.4 Å². The van der Waals surface area contributed by atoms with Gasteiger partial charge in [-0.15, -0.1) is 21.5 Å². The molecule has 0 aliphatic heterocycles. The number of nitrogens with one attached hydrogen (secondary N) is 1. The van der Waals surface area contributed by atoms with E-state index in [1.165, 1.54) is 35.8 Å². The van der Waals surface area contributed by atoms with E-state index >= 15 is 0 Å². The lowest BCUT2D eigenvalue weighted by atomic mass is 9.96. The molecular formula is C20H20ClN3O5S2. The molecule has 0 bridgehead atoms. The van der Waals surface area contributed by atoms with Crippen LogP contribution in [0.1, 0.15) is 41.8 Å². The number of halogens is 1. The maximum atomic E-state index is 12.7. The molecule has 0 unspecified atom stereocenters. The van der Waals surface area contributed by atoms with Gasteiger partial charge in [0.25, 0.3) is 5.91 Å². The van der Waals surface area contributed by atoms with E-state index in [2.05, 4.69) is 15.5 Å². The van der Waals surface area contributed by atoms with Crippen LogP contribution in [-0.2, 0) is 6.42 Å². The van der Waals surface area contributed by atoms with Crippen molar-refractivity contribution in [2.75, 3.05) is 12.4 Å². The molecule has 1 aliphatic rings. The highest BCUT2D eigenvalue weighted by Crippen LogP contribution is 2.36. The van der Waals surface area contributed by atoms with Gasteiger partial charge in [0.05, 0.1) is 23.1 Å². The number of aromatic nitrogens is 2. The van der Waals surface area contributed by atoms with Crippen LogP contribution in [0.25, 0.3) is 9.88 Å². The molecule has 2 atom stereocenters. The zero-order chi connectivity index (χ0) is 22.0. The number of methoxy groups -OCH3 is 1. The van der Waals surface area contributed by atoms with Gasteiger partial charge in [0.1, 0.15) is 0 Å². The number of anilines is 1. The van der Waals surface area contributed by atoms with Gasteiger partial charge in [0.15, 0.2) is 10.8 Å². The third-order valence-electron chi connectivity index (χ3n) is 5.27. The summed E-state index contributed by atoms with van der Waals surface area (Å²) >= 11 is 8.72. The molecule has 1 amide bonds. The molecule has 2 N–H and O–H groups in total. The fraction of sp³-hybridized carbons (Fsp3) is 0.400. The SMILES string of the molecule is COc1c(CC[C@H]2CCC[C@H]2O)cc(C(=O)Nc2nnc(-c3sccc3Cl)s2)oc1=O. The standard InChI is InChI=1S/C20H20ClN3O5S2/c1-28-15-11(6-5-10-3-2-4-13(10)25)9-14(29-19(15)27)17(26)22-20-24-23-18(31-20)16-12(21)7-8-30-16/h7-10,13,25H,2-6H2,1H3,(H,22,24,26)/t10-,13-/m1/s1. The van der Waals surface area contributed by atoms with E-state index < -0.39 is 11.5 Å². The molecule has 0 radical (unpaired) electrons. The van der Waals surface area contributed by atoms with Crippen LogP contribution in [-0.4, -0.2) is 34.4 Å². The Labute approximate surface area is 190 Å². The molecule has 1 fully saturated rings. The normalized spacial score (nSPS) is 18.3. The average molecular weight is 482 g/mol. The zero-order valence-corrected chi connectivity index (χ0v) is 19.0. The van der Waals surface area contributed by atoms with Crippen molar-refractivity contribution in [3.63, 3.8) is 0 Å². The number of ether oxygens (including phenoxy) is 1. The number of rotatable bonds is 7. The van der Waals surface area contributed by atoms with Gasteiger partial charge in [-0.1, -0.05) is 29.4 Å². The topological polar surface area (TPSA) is 115 Å². The number of aliphatic hydroxyl groups is 1. The zero-order valence-electron chi connectivity index (χ0n) is 16.6. The monoisotopic (exact) mass is 481 g/mol. The van der Waals surface area contributed by atoms with E-state index in [-0.39, 0.29) is 28.7 Å². The fourth-order valence-electron chi connectivity index (χ4n) is 3.71. The van der Waals surface area contributed by atoms with Gasteiger partial charge in [0.2, 0.25) is 10.9 Å². The van der Waals surface area contributed by atoms with Crippen molar-refractivity contribution in [2.45, 2.75) is 38.2 Å². The van der Waals surface area contributed by atoms with Gasteiger partial charge in [-0.05, 0) is 49.1 Å². The Morgan fingerprint density at radius 3 is 2.94 bits per heavy atom. The van der Waals surface area contributed by atoms with Crippen LogP contribution in [0, 0.1) is 5.92 Å². The van der Waals surface area contributed by atoms with Crippen molar-refractivity contribution >= 4 is 45.3 Å². The van der Waals surface area contributed by atoms with Gasteiger partial charge in [0, 0.05) is 5.56 Å². The van der Waals surface area contributed by atoms with Crippen molar-refractivity contribution < 1.29 is 19.1 Å². The Morgan fingerprint density at radius 2 is 2.26 bits per heavy atom. The first-order valence-corrected chi connectivity index (χ1v) is 11.8. The number of amides is 1. The van der Waals surface area contributed by atoms with Crippen LogP contribution < -0.4 is 15.7 Å². The van der Waals surface area contributed by atoms with Gasteiger partial charge in [-0.25, -0.2) is 4.79 Å². The number of hydrogen-bond acceptors (Lipinski definition) is 9. The van der Waals surface area contributed by atoms with Gasteiger partial charge < -0.3 is 14.3 Å². The van der Waals surface area contributed by atoms with Crippen LogP contribution in [0.5, 0.6) is 5.75 Å². The van der Waals surface area contributed by atoms with Crippen LogP contribution >= 0.6 is 34.3 Å². The second kappa shape index (κ2) is 9.47. The molecule has 3 heterocycles. The molecule has 1 saturated carbocycles. The molecule has 4 rings (SSSR count). The molecule has 0 spiro atoms. The summed E-state index contributed by atoms with van der Waals surface area (Å²) in [5, 5.41) is 23.9. The number of thiophene rings is 1. The van der Waals surface area contributed by atoms with E-state index in [4.69, 9.17) is 20.8 Å². The second-order valence-corrected chi connectivity index (χ2v) is 9.52. The van der Waals surface area contributed by atoms with Crippen molar-refractivity contribution in [1.29, 1.82) is 0 Å². The summed E-state index contributed by atoms with van der Waals surface area (Å²) in [7, 11) is 1.39. The maximum Gasteiger partial charge on any atom is 0.379 e. The third-order valence-corrected chi connectivity index (χ3v) is 7.61. The molecule has 8 nitrogen and oxygen atoms in total. The molecule has 11 heteroatoms. The van der Waals surface area contributed by atoms with Crippen LogP contribution in [0.2, 0.25) is 5.02 Å². The number of hydrogen-bond donors (Lipinski definition) is 2. The van der Waals surface area contributed by atoms with Crippen molar-refractivity contribution in [3.05, 3.63) is 44.3 Å². The molecule has 0 aromatic carbocycles. The van der Waals surface area contributed by atoms with E-state index in [1.54, 1.807) is 6.07 Å². The number of nitrogens with zero attached hydrogens (tertiary/aromatic N) is 2. The van der Waals surface area contributed by atoms with E-state index in [0.717, 1.165) is 24.1 Å². The smallest absolute Gasteiger partial charge is 0.379 e. The van der Waals surface area contributed by atoms with Crippen LogP contribution in [0.3, 0.4) is 0 Å². The number of carbonyl (C=O) groups is 1. The molecule has 3 aromatic rings. The number of carbonyl (C=O) groups excluding carboxylic acids is 1. The Bertz CT molecular complexity index is 1140. The predicted molar refractivity (Wildman–Crippen MR) is 119 cm³/mol. The van der Waals surface area contributed by atoms with Crippen molar-refractivity contribution in [3.8, 4) is 15.6 Å². The third kappa shape index (κ3) is 4.82. The molecule has 3 aromatic heterocycles. The first kappa shape index (κ1) is 21.9. The van der Waals surface area contributed by atoms with Gasteiger partial charge >= 0.3 is 5.63 Å². The molecule has 0 saturated heterocycles. The summed E-state index contributed by atoms with van der Waals surface area (Å²) in [5.74, 6) is -0.492. The quantitative estimate of drug-likeness (QED) is 0.519. The molecule has 164 valence electrons. The molecular weight excluding hydrogens is 462 g/mol. The van der Waals surface area contributed by atoms with Crippen LogP contribution in [0.4, 0.5) is 5.13 Å². The average Bonchev–Trinajstić information content (AvgIpc) is 3.47. The lowest BCUT2D eigenvalue weighted by molar-refractivity contribution is 0.0990. The summed E-state index contributed by atoms with van der Waals surface area (Å²) in [6.45, 7) is 0. The summed E-state index contributed by atoms with van der Waals surface area (Å²) in [4.78, 5) is 25.8. The van der Waals surface area contributed by atoms with Crippen molar-refractivity contribution in [1.82, 2.24) is 10.2 Å². The lowest BCUT2D eigenvalue weighted by Crippen LogP contribution is -2.18. The minimum Gasteiger partial charge on any atom is -0.490 e. The van der Waals surface area contributed by atoms with Gasteiger partial charge in [-0.2, -0.15) is 0 Å². The Hall–Kier alpha value is -2.27. The largest absolute Gasteiger partial charge is 0.490 e. The Kier molecular flexibility index (Phi) is 6.71. The summed E-state index contributed by atoms with van der Waals surface area (Å²) in [6, 6.07) is 3.27. The minimum atomic E-state index is -0.722. The number of aryl methyl sites for hydroxylation is 1. The first-order valence-electron chi connectivity index (χ1n) is 9.73. The summed E-state index contributed by atoms with van der Waals surface area (Å²) < 4.78 is 10.4. The summed E-state index contributed by atoms with van der Waals surface area (Å²) in [6.07, 6.45) is 3.62. The second-order valence-electron chi connectivity index (χ2n) is 7.22. The highest BCUT2D eigenvalue weighted by atomic mass is 35.5. The Morgan fingerprint density at radius 1 is 1.42 bits per heavy atom. The lowest BCUT2D eigenvalue weighted by Gasteiger charge is -2.15.